The van der Waals surface area contributed by atoms with E-state index >= 15 is 0 Å². The molecule has 1 rings (SSSR count). The van der Waals surface area contributed by atoms with Gasteiger partial charge in [-0.2, -0.15) is 0 Å². The highest BCUT2D eigenvalue weighted by atomic mass is 14.8. The third kappa shape index (κ3) is 1.13. The molecule has 2 N–H and O–H groups in total. The van der Waals surface area contributed by atoms with Crippen LogP contribution in [0, 0.1) is 0 Å². The van der Waals surface area contributed by atoms with Crippen molar-refractivity contribution in [1.82, 2.24) is 5.32 Å². The van der Waals surface area contributed by atoms with Gasteiger partial charge < -0.3 is 5.73 Å². The molecule has 0 fully saturated rings. The molecule has 0 aromatic heterocycles. The lowest BCUT2D eigenvalue weighted by atomic mass is 10.3. The van der Waals surface area contributed by atoms with E-state index in [0.717, 1.165) is 11.4 Å². The smallest absolute Gasteiger partial charge is 0.0800 e. The highest BCUT2D eigenvalue weighted by molar-refractivity contribution is 5.60. The summed E-state index contributed by atoms with van der Waals surface area (Å²) >= 11 is 0. The van der Waals surface area contributed by atoms with E-state index in [2.05, 4.69) is 5.32 Å². The lowest BCUT2D eigenvalue weighted by Crippen LogP contribution is -1.92. The van der Waals surface area contributed by atoms with Crippen LogP contribution in [0.2, 0.25) is 0 Å². The van der Waals surface area contributed by atoms with E-state index in [-0.39, 0.29) is 0 Å². The van der Waals surface area contributed by atoms with Gasteiger partial charge in [-0.1, -0.05) is 12.1 Å². The molecule has 0 saturated heterocycles. The van der Waals surface area contributed by atoms with Gasteiger partial charge in [0.15, 0.2) is 0 Å². The number of para-hydroxylation sites is 2. The lowest BCUT2D eigenvalue weighted by molar-refractivity contribution is 1.09. The van der Waals surface area contributed by atoms with Crippen LogP contribution < -0.4 is 11.1 Å². The number of hydrogen-bond acceptors (Lipinski definition) is 1. The van der Waals surface area contributed by atoms with Crippen molar-refractivity contribution in [3.05, 3.63) is 24.3 Å². The molecular weight excluding hydrogens is 112 g/mol. The van der Waals surface area contributed by atoms with E-state index in [1.54, 1.807) is 7.05 Å². The van der Waals surface area contributed by atoms with Crippen molar-refractivity contribution in [1.29, 1.82) is 0 Å². The van der Waals surface area contributed by atoms with Crippen molar-refractivity contribution >= 4 is 11.4 Å². The largest absolute Gasteiger partial charge is 0.397 e. The molecule has 0 amide bonds. The summed E-state index contributed by atoms with van der Waals surface area (Å²) in [5.74, 6) is 0. The van der Waals surface area contributed by atoms with E-state index in [1.165, 1.54) is 0 Å². The molecule has 0 bridgehead atoms. The monoisotopic (exact) mass is 121 g/mol. The Labute approximate surface area is 54.7 Å². The van der Waals surface area contributed by atoms with Crippen LogP contribution in [0.25, 0.3) is 0 Å². The summed E-state index contributed by atoms with van der Waals surface area (Å²) in [6, 6.07) is 7.53. The van der Waals surface area contributed by atoms with E-state index in [0.29, 0.717) is 0 Å². The fraction of sp³-hybridized carbons (Fsp3) is 0.143. The van der Waals surface area contributed by atoms with Crippen LogP contribution in [0.4, 0.5) is 11.4 Å². The Morgan fingerprint density at radius 2 is 2.00 bits per heavy atom. The Bertz CT molecular complexity index is 196. The Balaban J connectivity index is 3.01. The van der Waals surface area contributed by atoms with Gasteiger partial charge in [-0.05, 0) is 12.1 Å². The van der Waals surface area contributed by atoms with Crippen LogP contribution in [0.15, 0.2) is 24.3 Å². The number of nitrogens with two attached hydrogens (primary N) is 1. The zero-order valence-corrected chi connectivity index (χ0v) is 5.33. The Morgan fingerprint density at radius 1 is 1.33 bits per heavy atom. The summed E-state index contributed by atoms with van der Waals surface area (Å²) in [4.78, 5) is 0. The molecule has 47 valence electrons. The second-order valence-corrected chi connectivity index (χ2v) is 1.78. The maximum Gasteiger partial charge on any atom is 0.0800 e. The number of hydrogen-bond donors (Lipinski definition) is 1. The van der Waals surface area contributed by atoms with Gasteiger partial charge in [0.25, 0.3) is 0 Å². The van der Waals surface area contributed by atoms with Crippen LogP contribution in [-0.4, -0.2) is 7.05 Å². The highest BCUT2D eigenvalue weighted by Gasteiger charge is 1.91. The number of anilines is 1. The van der Waals surface area contributed by atoms with Crippen molar-refractivity contribution in [2.24, 2.45) is 0 Å². The molecule has 0 heterocycles. The number of nitrogen functional groups attached to an aromatic ring is 1. The SMILES string of the molecule is C[N]c1ccccc1N. The highest BCUT2D eigenvalue weighted by Crippen LogP contribution is 2.14. The number of rotatable bonds is 1. The van der Waals surface area contributed by atoms with Gasteiger partial charge in [0, 0.05) is 7.05 Å². The van der Waals surface area contributed by atoms with Crippen LogP contribution in [-0.2, 0) is 0 Å². The summed E-state index contributed by atoms with van der Waals surface area (Å²) in [6.07, 6.45) is 0. The van der Waals surface area contributed by atoms with Crippen LogP contribution in [0.5, 0.6) is 0 Å². The Kier molecular flexibility index (Phi) is 1.58. The molecule has 0 spiro atoms. The maximum atomic E-state index is 5.54. The predicted molar refractivity (Wildman–Crippen MR) is 38.6 cm³/mol. The maximum absolute atomic E-state index is 5.54. The average Bonchev–Trinajstić information content (AvgIpc) is 1.89. The van der Waals surface area contributed by atoms with Crippen LogP contribution in [0.1, 0.15) is 0 Å². The van der Waals surface area contributed by atoms with Crippen molar-refractivity contribution in [3.8, 4) is 0 Å². The molecule has 0 aliphatic rings. The number of benzene rings is 1. The molecule has 2 heteroatoms. The Hall–Kier alpha value is -1.18. The van der Waals surface area contributed by atoms with Crippen molar-refractivity contribution in [2.45, 2.75) is 0 Å². The fourth-order valence-electron chi connectivity index (χ4n) is 0.691. The standard InChI is InChI=1S/C7H9N2/c1-9-7-5-3-2-4-6(7)8/h2-5H,8H2,1H3. The lowest BCUT2D eigenvalue weighted by Gasteiger charge is -1.98. The normalized spacial score (nSPS) is 9.00. The minimum atomic E-state index is 0.736. The molecular formula is C7H9N2. The molecule has 2 nitrogen and oxygen atoms in total. The molecule has 0 unspecified atom stereocenters. The van der Waals surface area contributed by atoms with Crippen molar-refractivity contribution < 1.29 is 0 Å². The van der Waals surface area contributed by atoms with E-state index in [1.807, 2.05) is 24.3 Å². The Morgan fingerprint density at radius 3 is 2.44 bits per heavy atom. The van der Waals surface area contributed by atoms with E-state index in [9.17, 15) is 0 Å². The van der Waals surface area contributed by atoms with Gasteiger partial charge in [0.05, 0.1) is 11.4 Å². The molecule has 1 aromatic rings. The molecule has 1 radical (unpaired) electrons. The van der Waals surface area contributed by atoms with Crippen molar-refractivity contribution in [2.75, 3.05) is 12.8 Å². The van der Waals surface area contributed by atoms with Crippen LogP contribution in [0.3, 0.4) is 0 Å². The van der Waals surface area contributed by atoms with Crippen LogP contribution >= 0.6 is 0 Å². The molecule has 1 aromatic carbocycles. The van der Waals surface area contributed by atoms with Gasteiger partial charge in [-0.3, -0.25) is 5.32 Å². The summed E-state index contributed by atoms with van der Waals surface area (Å²) in [5, 5.41) is 3.95. The van der Waals surface area contributed by atoms with Gasteiger partial charge in [0.2, 0.25) is 0 Å². The van der Waals surface area contributed by atoms with Gasteiger partial charge in [0.1, 0.15) is 0 Å². The molecule has 0 saturated carbocycles. The second kappa shape index (κ2) is 2.40. The van der Waals surface area contributed by atoms with E-state index < -0.39 is 0 Å². The molecule has 0 atom stereocenters. The summed E-state index contributed by atoms with van der Waals surface area (Å²) in [5.41, 5.74) is 7.13. The van der Waals surface area contributed by atoms with Gasteiger partial charge >= 0.3 is 0 Å². The minimum absolute atomic E-state index is 0.736. The third-order valence-corrected chi connectivity index (χ3v) is 1.18. The third-order valence-electron chi connectivity index (χ3n) is 1.18. The first-order valence-corrected chi connectivity index (χ1v) is 2.79. The second-order valence-electron chi connectivity index (χ2n) is 1.78. The molecule has 0 aliphatic carbocycles. The molecule has 0 aliphatic heterocycles. The number of nitrogens with zero attached hydrogens (tertiary/aromatic N) is 1. The first-order valence-electron chi connectivity index (χ1n) is 2.79. The summed E-state index contributed by atoms with van der Waals surface area (Å²) in [6.45, 7) is 0. The van der Waals surface area contributed by atoms with Gasteiger partial charge in [-0.15, -0.1) is 0 Å². The summed E-state index contributed by atoms with van der Waals surface area (Å²) in [7, 11) is 1.73. The van der Waals surface area contributed by atoms with Crippen molar-refractivity contribution in [3.63, 3.8) is 0 Å². The zero-order valence-electron chi connectivity index (χ0n) is 5.33. The topological polar surface area (TPSA) is 40.1 Å². The fourth-order valence-corrected chi connectivity index (χ4v) is 0.691. The van der Waals surface area contributed by atoms with Gasteiger partial charge in [-0.25, -0.2) is 0 Å². The zero-order chi connectivity index (χ0) is 6.69. The van der Waals surface area contributed by atoms with E-state index in [4.69, 9.17) is 5.73 Å². The minimum Gasteiger partial charge on any atom is -0.397 e. The quantitative estimate of drug-likeness (QED) is 0.556. The predicted octanol–water partition coefficient (Wildman–Crippen LogP) is 1.13. The summed E-state index contributed by atoms with van der Waals surface area (Å²) < 4.78 is 0. The first kappa shape index (κ1) is 5.95. The molecule has 9 heavy (non-hydrogen) atoms. The average molecular weight is 121 g/mol. The first-order chi connectivity index (χ1) is 4.34.